The van der Waals surface area contributed by atoms with E-state index in [1.807, 2.05) is 0 Å². The van der Waals surface area contributed by atoms with Crippen molar-refractivity contribution in [1.29, 1.82) is 0 Å². The Morgan fingerprint density at radius 1 is 1.27 bits per heavy atom. The molecule has 86 valence electrons. The first kappa shape index (κ1) is 13.5. The Bertz CT molecular complexity index is 409. The third kappa shape index (κ3) is 7.55. The molecule has 0 saturated heterocycles. The fourth-order valence-corrected chi connectivity index (χ4v) is 0.753. The summed E-state index contributed by atoms with van der Waals surface area (Å²) in [4.78, 5) is 0. The van der Waals surface area contributed by atoms with Crippen LogP contribution in [0.2, 0.25) is 0 Å². The van der Waals surface area contributed by atoms with Crippen molar-refractivity contribution in [3.05, 3.63) is 18.2 Å². The standard InChI is InChI=1S/C7H10N2O.H2O4S/c1-10-7-3-2-5(8)4-6(7)9;1-5(2,3)4/h2-4H,8-9H2,1H3;(H2,1,2,3,4). The minimum Gasteiger partial charge on any atom is -0.495 e. The molecule has 15 heavy (non-hydrogen) atoms. The Morgan fingerprint density at radius 2 is 1.73 bits per heavy atom. The summed E-state index contributed by atoms with van der Waals surface area (Å²) in [5.41, 5.74) is 12.2. The monoisotopic (exact) mass is 236 g/mol. The number of hydrogen-bond acceptors (Lipinski definition) is 5. The first-order valence-corrected chi connectivity index (χ1v) is 5.02. The van der Waals surface area contributed by atoms with Gasteiger partial charge in [0.25, 0.3) is 0 Å². The van der Waals surface area contributed by atoms with Crippen molar-refractivity contribution in [3.63, 3.8) is 0 Å². The molecule has 6 N–H and O–H groups in total. The molecule has 7 nitrogen and oxygen atoms in total. The number of benzene rings is 1. The van der Waals surface area contributed by atoms with Gasteiger partial charge in [-0.3, -0.25) is 9.11 Å². The molecule has 0 unspecified atom stereocenters. The van der Waals surface area contributed by atoms with Crippen LogP contribution in [0.1, 0.15) is 0 Å². The van der Waals surface area contributed by atoms with Crippen molar-refractivity contribution >= 4 is 21.8 Å². The van der Waals surface area contributed by atoms with Gasteiger partial charge in [0.1, 0.15) is 5.75 Å². The molecule has 0 aromatic heterocycles. The molecule has 0 aliphatic rings. The molecular formula is C7H12N2O5S. The molecule has 0 amide bonds. The van der Waals surface area contributed by atoms with Crippen LogP contribution in [0.5, 0.6) is 5.75 Å². The third-order valence-electron chi connectivity index (χ3n) is 1.25. The number of methoxy groups -OCH3 is 1. The Kier molecular flexibility index (Phi) is 4.85. The Balaban J connectivity index is 0.000000336. The number of nitrogen functional groups attached to an aromatic ring is 2. The quantitative estimate of drug-likeness (QED) is 0.404. The van der Waals surface area contributed by atoms with E-state index in [-0.39, 0.29) is 0 Å². The van der Waals surface area contributed by atoms with E-state index in [2.05, 4.69) is 0 Å². The molecular weight excluding hydrogens is 224 g/mol. The maximum atomic E-state index is 8.74. The molecule has 8 heteroatoms. The fourth-order valence-electron chi connectivity index (χ4n) is 0.753. The van der Waals surface area contributed by atoms with Gasteiger partial charge in [-0.05, 0) is 18.2 Å². The SMILES string of the molecule is COc1ccc(N)cc1N.O=S(=O)(O)O. The summed E-state index contributed by atoms with van der Waals surface area (Å²) in [6.45, 7) is 0. The van der Waals surface area contributed by atoms with Crippen molar-refractivity contribution in [2.45, 2.75) is 0 Å². The summed E-state index contributed by atoms with van der Waals surface area (Å²) in [6, 6.07) is 5.15. The smallest absolute Gasteiger partial charge is 0.394 e. The lowest BCUT2D eigenvalue weighted by atomic mass is 10.2. The van der Waals surface area contributed by atoms with Crippen LogP contribution in [0.3, 0.4) is 0 Å². The van der Waals surface area contributed by atoms with Crippen LogP contribution in [-0.2, 0) is 10.4 Å². The van der Waals surface area contributed by atoms with Crippen LogP contribution < -0.4 is 16.2 Å². The van der Waals surface area contributed by atoms with Crippen LogP contribution in [0.15, 0.2) is 18.2 Å². The van der Waals surface area contributed by atoms with Crippen molar-refractivity contribution in [2.75, 3.05) is 18.6 Å². The van der Waals surface area contributed by atoms with Crippen molar-refractivity contribution in [1.82, 2.24) is 0 Å². The van der Waals surface area contributed by atoms with E-state index in [1.54, 1.807) is 25.3 Å². The van der Waals surface area contributed by atoms with Gasteiger partial charge in [-0.15, -0.1) is 0 Å². The van der Waals surface area contributed by atoms with Crippen LogP contribution in [-0.4, -0.2) is 24.6 Å². The summed E-state index contributed by atoms with van der Waals surface area (Å²) in [5, 5.41) is 0. The van der Waals surface area contributed by atoms with Gasteiger partial charge in [0.15, 0.2) is 0 Å². The Hall–Kier alpha value is -1.51. The summed E-state index contributed by atoms with van der Waals surface area (Å²) in [5.74, 6) is 0.661. The second kappa shape index (κ2) is 5.39. The minimum atomic E-state index is -4.67. The van der Waals surface area contributed by atoms with Crippen molar-refractivity contribution in [3.8, 4) is 5.75 Å². The van der Waals surface area contributed by atoms with Gasteiger partial charge in [-0.1, -0.05) is 0 Å². The average molecular weight is 236 g/mol. The summed E-state index contributed by atoms with van der Waals surface area (Å²) in [7, 11) is -3.10. The van der Waals surface area contributed by atoms with Crippen molar-refractivity contribution in [2.24, 2.45) is 0 Å². The van der Waals surface area contributed by atoms with Gasteiger partial charge in [0.05, 0.1) is 12.8 Å². The predicted octanol–water partition coefficient (Wildman–Crippen LogP) is 0.207. The molecule has 1 aromatic carbocycles. The zero-order valence-corrected chi connectivity index (χ0v) is 8.73. The average Bonchev–Trinajstić information content (AvgIpc) is 2.01. The van der Waals surface area contributed by atoms with Gasteiger partial charge < -0.3 is 16.2 Å². The second-order valence-corrected chi connectivity index (χ2v) is 3.34. The first-order chi connectivity index (χ1) is 6.74. The molecule has 0 bridgehead atoms. The zero-order chi connectivity index (χ0) is 12.1. The molecule has 0 saturated carbocycles. The summed E-state index contributed by atoms with van der Waals surface area (Å²) in [6.07, 6.45) is 0. The van der Waals surface area contributed by atoms with Crippen LogP contribution in [0, 0.1) is 0 Å². The topological polar surface area (TPSA) is 136 Å². The van der Waals surface area contributed by atoms with E-state index >= 15 is 0 Å². The summed E-state index contributed by atoms with van der Waals surface area (Å²) < 4.78 is 36.5. The van der Waals surface area contributed by atoms with E-state index in [9.17, 15) is 0 Å². The lowest BCUT2D eigenvalue weighted by Crippen LogP contribution is -1.93. The zero-order valence-electron chi connectivity index (χ0n) is 7.91. The van der Waals surface area contributed by atoms with Crippen molar-refractivity contribution < 1.29 is 22.3 Å². The molecule has 0 aliphatic heterocycles. The predicted molar refractivity (Wildman–Crippen MR) is 56.0 cm³/mol. The van der Waals surface area contributed by atoms with E-state index < -0.39 is 10.4 Å². The van der Waals surface area contributed by atoms with Gasteiger partial charge >= 0.3 is 10.4 Å². The number of rotatable bonds is 1. The largest absolute Gasteiger partial charge is 0.495 e. The number of hydrogen-bond donors (Lipinski definition) is 4. The van der Waals surface area contributed by atoms with E-state index in [4.69, 9.17) is 33.7 Å². The molecule has 0 aliphatic carbocycles. The molecule has 1 rings (SSSR count). The lowest BCUT2D eigenvalue weighted by molar-refractivity contribution is 0.381. The highest BCUT2D eigenvalue weighted by molar-refractivity contribution is 7.79. The van der Waals surface area contributed by atoms with E-state index in [1.165, 1.54) is 0 Å². The van der Waals surface area contributed by atoms with E-state index in [0.29, 0.717) is 17.1 Å². The normalized spacial score (nSPS) is 10.1. The highest BCUT2D eigenvalue weighted by atomic mass is 32.3. The lowest BCUT2D eigenvalue weighted by Gasteiger charge is -2.03. The minimum absolute atomic E-state index is 0.572. The highest BCUT2D eigenvalue weighted by Gasteiger charge is 1.96. The van der Waals surface area contributed by atoms with Crippen LogP contribution in [0.4, 0.5) is 11.4 Å². The molecule has 0 radical (unpaired) electrons. The third-order valence-corrected chi connectivity index (χ3v) is 1.25. The van der Waals surface area contributed by atoms with E-state index in [0.717, 1.165) is 0 Å². The highest BCUT2D eigenvalue weighted by Crippen LogP contribution is 2.22. The Morgan fingerprint density at radius 3 is 2.07 bits per heavy atom. The number of nitrogens with two attached hydrogens (primary N) is 2. The van der Waals surface area contributed by atoms with Gasteiger partial charge in [-0.25, -0.2) is 0 Å². The summed E-state index contributed by atoms with van der Waals surface area (Å²) >= 11 is 0. The maximum absolute atomic E-state index is 8.74. The fraction of sp³-hybridized carbons (Fsp3) is 0.143. The maximum Gasteiger partial charge on any atom is 0.394 e. The van der Waals surface area contributed by atoms with Crippen LogP contribution in [0.25, 0.3) is 0 Å². The Labute approximate surface area is 87.2 Å². The molecule has 0 spiro atoms. The van der Waals surface area contributed by atoms with Crippen LogP contribution >= 0.6 is 0 Å². The molecule has 0 fully saturated rings. The molecule has 1 aromatic rings. The van der Waals surface area contributed by atoms with Gasteiger partial charge in [0.2, 0.25) is 0 Å². The molecule has 0 atom stereocenters. The van der Waals surface area contributed by atoms with Gasteiger partial charge in [-0.2, -0.15) is 8.42 Å². The number of ether oxygens (including phenoxy) is 1. The molecule has 0 heterocycles. The number of anilines is 2. The van der Waals surface area contributed by atoms with Gasteiger partial charge in [0, 0.05) is 5.69 Å². The first-order valence-electron chi connectivity index (χ1n) is 3.63. The second-order valence-electron chi connectivity index (χ2n) is 2.45.